The number of nitrogens with zero attached hydrogens (tertiary/aromatic N) is 1. The van der Waals surface area contributed by atoms with E-state index in [2.05, 4.69) is 23.5 Å². The molecule has 4 aromatic rings. The normalized spacial score (nSPS) is 14.4. The van der Waals surface area contributed by atoms with E-state index in [0.29, 0.717) is 18.0 Å². The Hall–Kier alpha value is -4.36. The van der Waals surface area contributed by atoms with Gasteiger partial charge in [-0.2, -0.15) is 0 Å². The molecular weight excluding hydrogens is 496 g/mol. The molecular formula is C31H26N2O4S. The van der Waals surface area contributed by atoms with Crippen LogP contribution < -0.4 is 10.1 Å². The van der Waals surface area contributed by atoms with E-state index >= 15 is 0 Å². The molecule has 0 saturated carbocycles. The van der Waals surface area contributed by atoms with Gasteiger partial charge >= 0.3 is 0 Å². The number of thioether (sulfide) groups is 1. The Morgan fingerprint density at radius 2 is 1.71 bits per heavy atom. The molecule has 1 heterocycles. The smallest absolute Gasteiger partial charge is 0.294 e. The van der Waals surface area contributed by atoms with Gasteiger partial charge in [0.25, 0.3) is 11.1 Å². The zero-order chi connectivity index (χ0) is 26.6. The van der Waals surface area contributed by atoms with Gasteiger partial charge in [0.1, 0.15) is 18.9 Å². The zero-order valence-corrected chi connectivity index (χ0v) is 21.9. The van der Waals surface area contributed by atoms with Crippen molar-refractivity contribution in [3.05, 3.63) is 112 Å². The molecule has 6 nitrogen and oxygen atoms in total. The van der Waals surface area contributed by atoms with E-state index in [1.807, 2.05) is 74.5 Å². The molecule has 4 aromatic carbocycles. The summed E-state index contributed by atoms with van der Waals surface area (Å²) < 4.78 is 6.05. The summed E-state index contributed by atoms with van der Waals surface area (Å²) in [4.78, 5) is 39.2. The van der Waals surface area contributed by atoms with Crippen molar-refractivity contribution in [2.45, 2.75) is 20.5 Å². The number of imide groups is 1. The maximum absolute atomic E-state index is 12.9. The minimum atomic E-state index is -0.489. The molecule has 0 radical (unpaired) electrons. The minimum Gasteiger partial charge on any atom is -0.489 e. The highest BCUT2D eigenvalue weighted by Crippen LogP contribution is 2.33. The van der Waals surface area contributed by atoms with Gasteiger partial charge in [-0.15, -0.1) is 0 Å². The van der Waals surface area contributed by atoms with Crippen LogP contribution in [0.15, 0.2) is 89.8 Å². The van der Waals surface area contributed by atoms with E-state index in [1.165, 1.54) is 0 Å². The monoisotopic (exact) mass is 522 g/mol. The number of amides is 3. The number of carbonyl (C=O) groups is 3. The van der Waals surface area contributed by atoms with Crippen molar-refractivity contribution in [2.75, 3.05) is 11.9 Å². The number of hydrogen-bond acceptors (Lipinski definition) is 5. The van der Waals surface area contributed by atoms with Crippen LogP contribution in [0.4, 0.5) is 10.5 Å². The third-order valence-corrected chi connectivity index (χ3v) is 7.30. The van der Waals surface area contributed by atoms with Crippen LogP contribution in [0.1, 0.15) is 22.3 Å². The number of hydrogen-bond donors (Lipinski definition) is 1. The first-order valence-electron chi connectivity index (χ1n) is 12.2. The maximum Gasteiger partial charge on any atom is 0.294 e. The Morgan fingerprint density at radius 1 is 0.921 bits per heavy atom. The predicted molar refractivity (Wildman–Crippen MR) is 152 cm³/mol. The van der Waals surface area contributed by atoms with Crippen molar-refractivity contribution in [1.29, 1.82) is 0 Å². The molecule has 3 amide bonds. The molecule has 1 N–H and O–H groups in total. The molecule has 0 bridgehead atoms. The van der Waals surface area contributed by atoms with Crippen LogP contribution in [0.25, 0.3) is 16.8 Å². The van der Waals surface area contributed by atoms with Crippen molar-refractivity contribution in [3.63, 3.8) is 0 Å². The first-order valence-corrected chi connectivity index (χ1v) is 13.0. The molecule has 38 heavy (non-hydrogen) atoms. The van der Waals surface area contributed by atoms with Crippen LogP contribution in [0.5, 0.6) is 5.75 Å². The number of anilines is 1. The molecule has 1 aliphatic rings. The Bertz CT molecular complexity index is 1590. The summed E-state index contributed by atoms with van der Waals surface area (Å²) in [5.41, 5.74) is 4.59. The fourth-order valence-corrected chi connectivity index (χ4v) is 5.06. The Labute approximate surface area is 225 Å². The quantitative estimate of drug-likeness (QED) is 0.273. The standard InChI is InChI=1S/C31H26N2O4S/c1-20-13-14-25(15-21(20)2)32-29(34)18-33-30(35)28(38-31(33)36)17-22-7-5-11-26(16-22)37-19-24-10-6-9-23-8-3-4-12-27(23)24/h3-17H,18-19H2,1-2H3,(H,32,34)/b28-17+. The predicted octanol–water partition coefficient (Wildman–Crippen LogP) is 6.71. The Kier molecular flexibility index (Phi) is 7.29. The number of aryl methyl sites for hydroxylation is 2. The topological polar surface area (TPSA) is 75.7 Å². The van der Waals surface area contributed by atoms with E-state index in [4.69, 9.17) is 4.74 Å². The first kappa shape index (κ1) is 25.3. The summed E-state index contributed by atoms with van der Waals surface area (Å²) in [5.74, 6) is -0.267. The first-order chi connectivity index (χ1) is 18.4. The number of rotatable bonds is 7. The van der Waals surface area contributed by atoms with Crippen LogP contribution in [0, 0.1) is 13.8 Å². The molecule has 0 aromatic heterocycles. The average molecular weight is 523 g/mol. The van der Waals surface area contributed by atoms with Gasteiger partial charge in [0.2, 0.25) is 5.91 Å². The third-order valence-electron chi connectivity index (χ3n) is 6.40. The van der Waals surface area contributed by atoms with Crippen molar-refractivity contribution in [1.82, 2.24) is 4.90 Å². The lowest BCUT2D eigenvalue weighted by Crippen LogP contribution is -2.36. The number of ether oxygens (including phenoxy) is 1. The van der Waals surface area contributed by atoms with Crippen LogP contribution >= 0.6 is 11.8 Å². The SMILES string of the molecule is Cc1ccc(NC(=O)CN2C(=O)S/C(=C/c3cccc(OCc4cccc5ccccc45)c3)C2=O)cc1C. The van der Waals surface area contributed by atoms with Gasteiger partial charge in [-0.25, -0.2) is 0 Å². The molecule has 5 rings (SSSR count). The highest BCUT2D eigenvalue weighted by Gasteiger charge is 2.36. The second-order valence-electron chi connectivity index (χ2n) is 9.11. The lowest BCUT2D eigenvalue weighted by molar-refractivity contribution is -0.127. The average Bonchev–Trinajstić information content (AvgIpc) is 3.17. The molecule has 1 fully saturated rings. The van der Waals surface area contributed by atoms with E-state index in [9.17, 15) is 14.4 Å². The summed E-state index contributed by atoms with van der Waals surface area (Å²) in [6.07, 6.45) is 1.65. The molecule has 0 spiro atoms. The molecule has 1 saturated heterocycles. The van der Waals surface area contributed by atoms with Gasteiger partial charge in [-0.05, 0) is 89.0 Å². The fraction of sp³-hybridized carbons (Fsp3) is 0.129. The Balaban J connectivity index is 1.24. The number of benzene rings is 4. The highest BCUT2D eigenvalue weighted by molar-refractivity contribution is 8.18. The van der Waals surface area contributed by atoms with Gasteiger partial charge in [-0.1, -0.05) is 60.7 Å². The molecule has 0 aliphatic carbocycles. The Morgan fingerprint density at radius 3 is 2.55 bits per heavy atom. The van der Waals surface area contributed by atoms with E-state index < -0.39 is 17.1 Å². The van der Waals surface area contributed by atoms with Crippen molar-refractivity contribution >= 4 is 51.4 Å². The van der Waals surface area contributed by atoms with E-state index in [-0.39, 0.29) is 11.4 Å². The lowest BCUT2D eigenvalue weighted by atomic mass is 10.1. The molecule has 7 heteroatoms. The van der Waals surface area contributed by atoms with Gasteiger partial charge < -0.3 is 10.1 Å². The highest BCUT2D eigenvalue weighted by atomic mass is 32.2. The summed E-state index contributed by atoms with van der Waals surface area (Å²) in [5, 5.41) is 4.58. The minimum absolute atomic E-state index is 0.264. The van der Waals surface area contributed by atoms with Gasteiger partial charge in [0.05, 0.1) is 4.91 Å². The second kappa shape index (κ2) is 10.9. The van der Waals surface area contributed by atoms with Crippen molar-refractivity contribution < 1.29 is 19.1 Å². The van der Waals surface area contributed by atoms with Gasteiger partial charge in [0.15, 0.2) is 0 Å². The summed E-state index contributed by atoms with van der Waals surface area (Å²) >= 11 is 0.825. The van der Waals surface area contributed by atoms with Crippen LogP contribution in [0.3, 0.4) is 0 Å². The zero-order valence-electron chi connectivity index (χ0n) is 21.1. The summed E-state index contributed by atoms with van der Waals surface area (Å²) in [6, 6.07) is 27.2. The van der Waals surface area contributed by atoms with Crippen molar-refractivity contribution in [3.8, 4) is 5.75 Å². The van der Waals surface area contributed by atoms with E-state index in [0.717, 1.165) is 49.7 Å². The molecule has 0 unspecified atom stereocenters. The van der Waals surface area contributed by atoms with Crippen LogP contribution in [0.2, 0.25) is 0 Å². The van der Waals surface area contributed by atoms with Gasteiger partial charge in [0, 0.05) is 5.69 Å². The maximum atomic E-state index is 12.9. The second-order valence-corrected chi connectivity index (χ2v) is 10.1. The largest absolute Gasteiger partial charge is 0.489 e. The molecule has 190 valence electrons. The third kappa shape index (κ3) is 5.63. The van der Waals surface area contributed by atoms with E-state index in [1.54, 1.807) is 12.1 Å². The fourth-order valence-electron chi connectivity index (χ4n) is 4.22. The number of nitrogens with one attached hydrogen (secondary N) is 1. The lowest BCUT2D eigenvalue weighted by Gasteiger charge is -2.13. The van der Waals surface area contributed by atoms with Gasteiger partial charge in [-0.3, -0.25) is 19.3 Å². The number of carbonyl (C=O) groups excluding carboxylic acids is 3. The van der Waals surface area contributed by atoms with Crippen molar-refractivity contribution in [2.24, 2.45) is 0 Å². The number of fused-ring (bicyclic) bond motifs is 1. The van der Waals surface area contributed by atoms with Crippen LogP contribution in [-0.4, -0.2) is 28.5 Å². The molecule has 0 atom stereocenters. The summed E-state index contributed by atoms with van der Waals surface area (Å²) in [6.45, 7) is 4.00. The molecule has 1 aliphatic heterocycles. The summed E-state index contributed by atoms with van der Waals surface area (Å²) in [7, 11) is 0. The van der Waals surface area contributed by atoms with Crippen LogP contribution in [-0.2, 0) is 16.2 Å².